The molecular weight excluding hydrogens is 128 g/mol. The number of rotatable bonds is 3. The van der Waals surface area contributed by atoms with Crippen molar-refractivity contribution in [3.63, 3.8) is 0 Å². The Kier molecular flexibility index (Phi) is 5.23. The molecule has 0 rings (SSSR count). The van der Waals surface area contributed by atoms with Crippen LogP contribution in [0, 0.1) is 29.2 Å². The SMILES string of the molecule is CCOCC(C#N)C#CN. The molecule has 2 N–H and O–H groups in total. The average molecular weight is 138 g/mol. The van der Waals surface area contributed by atoms with Gasteiger partial charge < -0.3 is 10.5 Å². The Morgan fingerprint density at radius 1 is 1.70 bits per heavy atom. The molecule has 1 unspecified atom stereocenters. The predicted molar refractivity (Wildman–Crippen MR) is 37.6 cm³/mol. The van der Waals surface area contributed by atoms with Crippen molar-refractivity contribution in [1.82, 2.24) is 0 Å². The van der Waals surface area contributed by atoms with Crippen molar-refractivity contribution in [3.8, 4) is 18.0 Å². The van der Waals surface area contributed by atoms with Gasteiger partial charge in [-0.15, -0.1) is 0 Å². The van der Waals surface area contributed by atoms with Crippen LogP contribution in [0.3, 0.4) is 0 Å². The van der Waals surface area contributed by atoms with Gasteiger partial charge in [0.1, 0.15) is 5.92 Å². The van der Waals surface area contributed by atoms with E-state index in [2.05, 4.69) is 12.0 Å². The Morgan fingerprint density at radius 2 is 2.40 bits per heavy atom. The van der Waals surface area contributed by atoms with Crippen LogP contribution in [0.2, 0.25) is 0 Å². The van der Waals surface area contributed by atoms with E-state index in [1.165, 1.54) is 0 Å². The Bertz CT molecular complexity index is 172. The van der Waals surface area contributed by atoms with E-state index >= 15 is 0 Å². The van der Waals surface area contributed by atoms with E-state index < -0.39 is 0 Å². The van der Waals surface area contributed by atoms with Crippen molar-refractivity contribution in [2.75, 3.05) is 13.2 Å². The molecule has 54 valence electrons. The van der Waals surface area contributed by atoms with Gasteiger partial charge in [-0.2, -0.15) is 5.26 Å². The van der Waals surface area contributed by atoms with Crippen LogP contribution in [0.25, 0.3) is 0 Å². The second kappa shape index (κ2) is 5.94. The topological polar surface area (TPSA) is 59.0 Å². The zero-order chi connectivity index (χ0) is 7.82. The number of hydrogen-bond acceptors (Lipinski definition) is 3. The maximum Gasteiger partial charge on any atom is 0.132 e. The van der Waals surface area contributed by atoms with Gasteiger partial charge in [0.2, 0.25) is 0 Å². The summed E-state index contributed by atoms with van der Waals surface area (Å²) in [6.45, 7) is 2.81. The maximum absolute atomic E-state index is 8.40. The molecule has 0 bridgehead atoms. The van der Waals surface area contributed by atoms with Gasteiger partial charge in [-0.05, 0) is 6.92 Å². The molecule has 0 radical (unpaired) electrons. The number of nitriles is 1. The molecule has 10 heavy (non-hydrogen) atoms. The first-order valence-corrected chi connectivity index (χ1v) is 3.03. The molecule has 0 amide bonds. The largest absolute Gasteiger partial charge is 0.379 e. The van der Waals surface area contributed by atoms with Gasteiger partial charge in [-0.25, -0.2) is 0 Å². The summed E-state index contributed by atoms with van der Waals surface area (Å²) in [5, 5.41) is 8.40. The lowest BCUT2D eigenvalue weighted by Crippen LogP contribution is -2.05. The third kappa shape index (κ3) is 3.77. The average Bonchev–Trinajstić information content (AvgIpc) is 1.98. The van der Waals surface area contributed by atoms with Crippen LogP contribution in [0.15, 0.2) is 0 Å². The Balaban J connectivity index is 3.60. The van der Waals surface area contributed by atoms with Crippen molar-refractivity contribution >= 4 is 0 Å². The van der Waals surface area contributed by atoms with Gasteiger partial charge in [0.05, 0.1) is 12.7 Å². The van der Waals surface area contributed by atoms with Crippen LogP contribution < -0.4 is 5.73 Å². The first kappa shape index (κ1) is 8.81. The Hall–Kier alpha value is -1.19. The van der Waals surface area contributed by atoms with Crippen molar-refractivity contribution in [1.29, 1.82) is 5.26 Å². The minimum Gasteiger partial charge on any atom is -0.379 e. The molecule has 0 aliphatic heterocycles. The minimum atomic E-state index is -0.384. The van der Waals surface area contributed by atoms with E-state index in [9.17, 15) is 0 Å². The molecular formula is C7H10N2O. The molecule has 1 atom stereocenters. The fourth-order valence-corrected chi connectivity index (χ4v) is 0.448. The highest BCUT2D eigenvalue weighted by molar-refractivity contribution is 5.09. The number of nitrogens with zero attached hydrogens (tertiary/aromatic N) is 1. The van der Waals surface area contributed by atoms with E-state index in [0.29, 0.717) is 13.2 Å². The first-order valence-electron chi connectivity index (χ1n) is 3.03. The first-order chi connectivity index (χ1) is 4.85. The third-order valence-corrected chi connectivity index (χ3v) is 0.902. The van der Waals surface area contributed by atoms with Crippen LogP contribution in [-0.4, -0.2) is 13.2 Å². The third-order valence-electron chi connectivity index (χ3n) is 0.902. The van der Waals surface area contributed by atoms with Crippen molar-refractivity contribution < 1.29 is 4.74 Å². The smallest absolute Gasteiger partial charge is 0.132 e. The quantitative estimate of drug-likeness (QED) is 0.444. The van der Waals surface area contributed by atoms with Crippen molar-refractivity contribution in [2.45, 2.75) is 6.92 Å². The van der Waals surface area contributed by atoms with Crippen LogP contribution in [-0.2, 0) is 4.74 Å². The number of ether oxygens (including phenoxy) is 1. The number of hydrogen-bond donors (Lipinski definition) is 1. The maximum atomic E-state index is 8.40. The van der Waals surface area contributed by atoms with Crippen LogP contribution in [0.5, 0.6) is 0 Å². The van der Waals surface area contributed by atoms with Gasteiger partial charge in [0.25, 0.3) is 0 Å². The zero-order valence-corrected chi connectivity index (χ0v) is 5.92. The summed E-state index contributed by atoms with van der Waals surface area (Å²) in [6.07, 6.45) is 0. The molecule has 0 heterocycles. The summed E-state index contributed by atoms with van der Waals surface area (Å²) in [7, 11) is 0. The van der Waals surface area contributed by atoms with E-state index in [1.54, 1.807) is 0 Å². The molecule has 0 saturated heterocycles. The predicted octanol–water partition coefficient (Wildman–Crippen LogP) is 0.0823. The van der Waals surface area contributed by atoms with Gasteiger partial charge in [0, 0.05) is 12.7 Å². The summed E-state index contributed by atoms with van der Waals surface area (Å²) in [5.74, 6) is 2.12. The lowest BCUT2D eigenvalue weighted by molar-refractivity contribution is 0.139. The zero-order valence-electron chi connectivity index (χ0n) is 5.92. The summed E-state index contributed by atoms with van der Waals surface area (Å²) in [6, 6.07) is 4.13. The Labute approximate surface area is 60.8 Å². The van der Waals surface area contributed by atoms with Gasteiger partial charge >= 0.3 is 0 Å². The number of nitrogens with two attached hydrogens (primary N) is 1. The molecule has 3 nitrogen and oxygen atoms in total. The molecule has 3 heteroatoms. The monoisotopic (exact) mass is 138 g/mol. The van der Waals surface area contributed by atoms with Crippen LogP contribution in [0.1, 0.15) is 6.92 Å². The lowest BCUT2D eigenvalue weighted by atomic mass is 10.2. The molecule has 0 aliphatic carbocycles. The molecule has 0 aromatic heterocycles. The van der Waals surface area contributed by atoms with Gasteiger partial charge in [-0.1, -0.05) is 5.92 Å². The summed E-state index contributed by atoms with van der Waals surface area (Å²) in [4.78, 5) is 0. The second-order valence-electron chi connectivity index (χ2n) is 1.63. The normalized spacial score (nSPS) is 10.8. The van der Waals surface area contributed by atoms with Crippen LogP contribution >= 0.6 is 0 Å². The molecule has 0 aliphatic rings. The van der Waals surface area contributed by atoms with E-state index in [-0.39, 0.29) is 5.92 Å². The van der Waals surface area contributed by atoms with E-state index in [0.717, 1.165) is 0 Å². The van der Waals surface area contributed by atoms with Crippen molar-refractivity contribution in [2.24, 2.45) is 11.7 Å². The summed E-state index contributed by atoms with van der Waals surface area (Å²) >= 11 is 0. The fourth-order valence-electron chi connectivity index (χ4n) is 0.448. The van der Waals surface area contributed by atoms with E-state index in [1.807, 2.05) is 13.0 Å². The van der Waals surface area contributed by atoms with Gasteiger partial charge in [-0.3, -0.25) is 0 Å². The Morgan fingerprint density at radius 3 is 2.80 bits per heavy atom. The van der Waals surface area contributed by atoms with Crippen molar-refractivity contribution in [3.05, 3.63) is 0 Å². The molecule has 0 fully saturated rings. The summed E-state index contributed by atoms with van der Waals surface area (Å²) in [5.41, 5.74) is 4.91. The lowest BCUT2D eigenvalue weighted by Gasteiger charge is -1.99. The minimum absolute atomic E-state index is 0.344. The van der Waals surface area contributed by atoms with Gasteiger partial charge in [0.15, 0.2) is 0 Å². The van der Waals surface area contributed by atoms with Crippen LogP contribution in [0.4, 0.5) is 0 Å². The highest BCUT2D eigenvalue weighted by atomic mass is 16.5. The van der Waals surface area contributed by atoms with E-state index in [4.69, 9.17) is 15.7 Å². The summed E-state index contributed by atoms with van der Waals surface area (Å²) < 4.78 is 4.96. The molecule has 0 spiro atoms. The highest BCUT2D eigenvalue weighted by Gasteiger charge is 2.00. The molecule has 0 saturated carbocycles. The fraction of sp³-hybridized carbons (Fsp3) is 0.571. The second-order valence-corrected chi connectivity index (χ2v) is 1.63. The molecule has 0 aromatic rings. The standard InChI is InChI=1S/C7H10N2O/c1-2-10-6-7(5-9)3-4-8/h7H,2,6,8H2,1H3. The highest BCUT2D eigenvalue weighted by Crippen LogP contribution is 1.91. The molecule has 0 aromatic carbocycles.